The Morgan fingerprint density at radius 1 is 1.26 bits per heavy atom. The topological polar surface area (TPSA) is 76.3 Å². The molecular weight excluding hydrogens is 291 g/mol. The Labute approximate surface area is 118 Å². The number of benzene rings is 1. The normalized spacial score (nSPS) is 10.5. The highest BCUT2D eigenvalue weighted by molar-refractivity contribution is 6.39. The van der Waals surface area contributed by atoms with Crippen molar-refractivity contribution in [1.82, 2.24) is 4.98 Å². The summed E-state index contributed by atoms with van der Waals surface area (Å²) in [7, 11) is 0. The summed E-state index contributed by atoms with van der Waals surface area (Å²) in [6.45, 7) is -0.355. The molecule has 0 bridgehead atoms. The van der Waals surface area contributed by atoms with E-state index in [-0.39, 0.29) is 12.3 Å². The predicted molar refractivity (Wildman–Crippen MR) is 72.3 cm³/mol. The van der Waals surface area contributed by atoms with Gasteiger partial charge in [0.2, 0.25) is 0 Å². The maximum absolute atomic E-state index is 10.7. The van der Waals surface area contributed by atoms with Crippen LogP contribution in [0.5, 0.6) is 0 Å². The summed E-state index contributed by atoms with van der Waals surface area (Å²) in [5, 5.41) is 20.7. The number of hydrogen-bond donors (Lipinski definition) is 1. The number of halogens is 2. The molecule has 0 aliphatic heterocycles. The van der Waals surface area contributed by atoms with E-state index in [1.165, 1.54) is 30.6 Å². The van der Waals surface area contributed by atoms with E-state index < -0.39 is 4.92 Å². The number of aliphatic hydroxyl groups is 1. The third kappa shape index (κ3) is 2.68. The Bertz CT molecular complexity index is 627. The second kappa shape index (κ2) is 5.52. The highest BCUT2D eigenvalue weighted by Crippen LogP contribution is 2.36. The van der Waals surface area contributed by atoms with Gasteiger partial charge in [-0.05, 0) is 17.2 Å². The zero-order chi connectivity index (χ0) is 14.0. The summed E-state index contributed by atoms with van der Waals surface area (Å²) in [5.74, 6) is 0. The van der Waals surface area contributed by atoms with Gasteiger partial charge >= 0.3 is 0 Å². The average molecular weight is 299 g/mol. The van der Waals surface area contributed by atoms with Crippen LogP contribution in [-0.2, 0) is 6.61 Å². The largest absolute Gasteiger partial charge is 0.392 e. The standard InChI is InChI=1S/C12H8Cl2N2O3/c13-10-4-15-5-11(14)12(10)9-2-1-8(16(18)19)3-7(9)6-17/h1-5,17H,6H2. The molecule has 1 N–H and O–H groups in total. The van der Waals surface area contributed by atoms with Crippen molar-refractivity contribution in [2.75, 3.05) is 0 Å². The molecule has 0 atom stereocenters. The second-order valence-corrected chi connectivity index (χ2v) is 4.55. The minimum absolute atomic E-state index is 0.103. The van der Waals surface area contributed by atoms with E-state index in [1.54, 1.807) is 0 Å². The molecule has 0 fully saturated rings. The van der Waals surface area contributed by atoms with Gasteiger partial charge in [-0.1, -0.05) is 23.2 Å². The lowest BCUT2D eigenvalue weighted by Gasteiger charge is -2.10. The van der Waals surface area contributed by atoms with Crippen LogP contribution < -0.4 is 0 Å². The smallest absolute Gasteiger partial charge is 0.269 e. The lowest BCUT2D eigenvalue weighted by Crippen LogP contribution is -1.95. The van der Waals surface area contributed by atoms with Crippen molar-refractivity contribution in [3.63, 3.8) is 0 Å². The van der Waals surface area contributed by atoms with E-state index in [9.17, 15) is 15.2 Å². The van der Waals surface area contributed by atoms with Gasteiger partial charge in [-0.3, -0.25) is 15.1 Å². The molecule has 7 heteroatoms. The zero-order valence-electron chi connectivity index (χ0n) is 9.51. The zero-order valence-corrected chi connectivity index (χ0v) is 11.0. The van der Waals surface area contributed by atoms with Gasteiger partial charge in [-0.25, -0.2) is 0 Å². The summed E-state index contributed by atoms with van der Waals surface area (Å²) >= 11 is 12.1. The highest BCUT2D eigenvalue weighted by atomic mass is 35.5. The predicted octanol–water partition coefficient (Wildman–Crippen LogP) is 3.46. The van der Waals surface area contributed by atoms with Gasteiger partial charge in [0.05, 0.1) is 21.6 Å². The first-order valence-corrected chi connectivity index (χ1v) is 5.97. The molecule has 2 aromatic rings. The number of non-ortho nitro benzene ring substituents is 1. The van der Waals surface area contributed by atoms with Crippen molar-refractivity contribution in [2.24, 2.45) is 0 Å². The molecule has 0 amide bonds. The minimum atomic E-state index is -0.529. The van der Waals surface area contributed by atoms with Crippen LogP contribution in [0.25, 0.3) is 11.1 Å². The van der Waals surface area contributed by atoms with Gasteiger partial charge in [0.15, 0.2) is 0 Å². The minimum Gasteiger partial charge on any atom is -0.392 e. The fourth-order valence-electron chi connectivity index (χ4n) is 1.74. The lowest BCUT2D eigenvalue weighted by molar-refractivity contribution is -0.384. The fourth-order valence-corrected chi connectivity index (χ4v) is 2.31. The number of pyridine rings is 1. The maximum Gasteiger partial charge on any atom is 0.269 e. The number of aliphatic hydroxyl groups excluding tert-OH is 1. The molecular formula is C12H8Cl2N2O3. The van der Waals surface area contributed by atoms with E-state index in [0.717, 1.165) is 0 Å². The number of aromatic nitrogens is 1. The van der Waals surface area contributed by atoms with E-state index in [1.807, 2.05) is 0 Å². The van der Waals surface area contributed by atoms with Crippen molar-refractivity contribution in [1.29, 1.82) is 0 Å². The molecule has 0 saturated heterocycles. The Morgan fingerprint density at radius 2 is 1.89 bits per heavy atom. The summed E-state index contributed by atoms with van der Waals surface area (Å²) in [4.78, 5) is 14.0. The number of nitro groups is 1. The van der Waals surface area contributed by atoms with Crippen LogP contribution in [0.4, 0.5) is 5.69 Å². The number of nitrogens with zero attached hydrogens (tertiary/aromatic N) is 2. The van der Waals surface area contributed by atoms with Gasteiger partial charge < -0.3 is 5.11 Å². The van der Waals surface area contributed by atoms with Crippen LogP contribution in [0.1, 0.15) is 5.56 Å². The second-order valence-electron chi connectivity index (χ2n) is 3.73. The molecule has 0 spiro atoms. The fraction of sp³-hybridized carbons (Fsp3) is 0.0833. The average Bonchev–Trinajstić information content (AvgIpc) is 2.38. The van der Waals surface area contributed by atoms with Crippen molar-refractivity contribution >= 4 is 28.9 Å². The van der Waals surface area contributed by atoms with Crippen molar-refractivity contribution in [2.45, 2.75) is 6.61 Å². The number of hydrogen-bond acceptors (Lipinski definition) is 4. The van der Waals surface area contributed by atoms with Crippen LogP contribution in [-0.4, -0.2) is 15.0 Å². The lowest BCUT2D eigenvalue weighted by atomic mass is 10.0. The molecule has 5 nitrogen and oxygen atoms in total. The molecule has 1 heterocycles. The SMILES string of the molecule is O=[N+]([O-])c1ccc(-c2c(Cl)cncc2Cl)c(CO)c1. The van der Waals surface area contributed by atoms with Gasteiger partial charge in [0.1, 0.15) is 0 Å². The first kappa shape index (κ1) is 13.7. The van der Waals surface area contributed by atoms with Crippen LogP contribution in [0, 0.1) is 10.1 Å². The number of nitro benzene ring substituents is 1. The quantitative estimate of drug-likeness (QED) is 0.695. The summed E-state index contributed by atoms with van der Waals surface area (Å²) in [6, 6.07) is 4.14. The third-order valence-corrected chi connectivity index (χ3v) is 3.17. The van der Waals surface area contributed by atoms with Gasteiger partial charge in [-0.15, -0.1) is 0 Å². The monoisotopic (exact) mass is 298 g/mol. The molecule has 1 aromatic carbocycles. The molecule has 0 radical (unpaired) electrons. The first-order chi connectivity index (χ1) is 9.04. The Balaban J connectivity index is 2.66. The molecule has 19 heavy (non-hydrogen) atoms. The summed E-state index contributed by atoms with van der Waals surface area (Å²) < 4.78 is 0. The molecule has 98 valence electrons. The van der Waals surface area contributed by atoms with E-state index in [0.29, 0.717) is 26.7 Å². The molecule has 0 aliphatic carbocycles. The Kier molecular flexibility index (Phi) is 3.99. The van der Waals surface area contributed by atoms with Crippen LogP contribution >= 0.6 is 23.2 Å². The molecule has 1 aromatic heterocycles. The van der Waals surface area contributed by atoms with Crippen LogP contribution in [0.2, 0.25) is 10.0 Å². The van der Waals surface area contributed by atoms with Crippen molar-refractivity contribution < 1.29 is 10.0 Å². The van der Waals surface area contributed by atoms with Gasteiger partial charge in [-0.2, -0.15) is 0 Å². The summed E-state index contributed by atoms with van der Waals surface area (Å²) in [6.07, 6.45) is 2.84. The van der Waals surface area contributed by atoms with Gasteiger partial charge in [0, 0.05) is 30.1 Å². The van der Waals surface area contributed by atoms with Crippen LogP contribution in [0.15, 0.2) is 30.6 Å². The molecule has 2 rings (SSSR count). The molecule has 0 unspecified atom stereocenters. The Morgan fingerprint density at radius 3 is 2.42 bits per heavy atom. The first-order valence-electron chi connectivity index (χ1n) is 5.22. The van der Waals surface area contributed by atoms with E-state index in [2.05, 4.69) is 4.98 Å². The van der Waals surface area contributed by atoms with E-state index >= 15 is 0 Å². The maximum atomic E-state index is 10.7. The van der Waals surface area contributed by atoms with E-state index in [4.69, 9.17) is 23.2 Å². The summed E-state index contributed by atoms with van der Waals surface area (Å²) in [5.41, 5.74) is 1.32. The molecule has 0 saturated carbocycles. The Hall–Kier alpha value is -1.69. The third-order valence-electron chi connectivity index (χ3n) is 2.59. The molecule has 0 aliphatic rings. The van der Waals surface area contributed by atoms with Crippen molar-refractivity contribution in [3.05, 3.63) is 56.3 Å². The van der Waals surface area contributed by atoms with Gasteiger partial charge in [0.25, 0.3) is 5.69 Å². The highest BCUT2D eigenvalue weighted by Gasteiger charge is 2.16. The number of rotatable bonds is 3. The van der Waals surface area contributed by atoms with Crippen LogP contribution in [0.3, 0.4) is 0 Å². The van der Waals surface area contributed by atoms with Crippen molar-refractivity contribution in [3.8, 4) is 11.1 Å².